The van der Waals surface area contributed by atoms with Crippen LogP contribution in [-0.4, -0.2) is 0 Å². The van der Waals surface area contributed by atoms with Crippen LogP contribution in [0.2, 0.25) is 0 Å². The van der Waals surface area contributed by atoms with Gasteiger partial charge in [-0.05, 0) is 37.5 Å². The molecule has 2 saturated carbocycles. The van der Waals surface area contributed by atoms with Crippen LogP contribution in [0.4, 0.5) is 0 Å². The molecule has 0 aromatic carbocycles. The Hall–Kier alpha value is 1.10. The molecule has 0 nitrogen and oxygen atoms in total. The molecule has 0 aromatic rings. The van der Waals surface area contributed by atoms with Gasteiger partial charge in [-0.1, -0.05) is 6.42 Å². The summed E-state index contributed by atoms with van der Waals surface area (Å²) in [4.78, 5) is 0. The summed E-state index contributed by atoms with van der Waals surface area (Å²) in [6, 6.07) is 0. The Bertz CT molecular complexity index is 67.0. The van der Waals surface area contributed by atoms with Gasteiger partial charge in [-0.2, -0.15) is 0 Å². The van der Waals surface area contributed by atoms with Crippen LogP contribution in [0.3, 0.4) is 0 Å². The first kappa shape index (κ1) is 10.1. The van der Waals surface area contributed by atoms with E-state index in [4.69, 9.17) is 0 Å². The number of hydrogen-bond acceptors (Lipinski definition) is 0. The molecule has 2 aliphatic rings. The fourth-order valence-electron chi connectivity index (χ4n) is 1.93. The summed E-state index contributed by atoms with van der Waals surface area (Å²) in [5.74, 6) is 2.16. The third kappa shape index (κ3) is 2.01. The molecule has 0 N–H and O–H groups in total. The van der Waals surface area contributed by atoms with Crippen molar-refractivity contribution in [1.82, 2.24) is 0 Å². The van der Waals surface area contributed by atoms with Crippen LogP contribution in [0.15, 0.2) is 0 Å². The molecule has 0 unspecified atom stereocenters. The Balaban J connectivity index is 0.000000320. The van der Waals surface area contributed by atoms with Gasteiger partial charge < -0.3 is 17.0 Å². The summed E-state index contributed by atoms with van der Waals surface area (Å²) in [5, 5.41) is 0. The predicted molar refractivity (Wildman–Crippen MR) is 29.7 cm³/mol. The average Bonchev–Trinajstić information content (AvgIpc) is 2.22. The van der Waals surface area contributed by atoms with Crippen molar-refractivity contribution in [3.05, 3.63) is 6.42 Å². The van der Waals surface area contributed by atoms with Crippen LogP contribution in [-0.2, 0) is 19.5 Å². The van der Waals surface area contributed by atoms with Gasteiger partial charge in [0.25, 0.3) is 0 Å². The Morgan fingerprint density at radius 3 is 2.11 bits per heavy atom. The van der Waals surface area contributed by atoms with Crippen molar-refractivity contribution in [2.24, 2.45) is 11.8 Å². The van der Waals surface area contributed by atoms with Crippen molar-refractivity contribution in [2.75, 3.05) is 0 Å². The fourth-order valence-corrected chi connectivity index (χ4v) is 1.93. The molecule has 0 spiro atoms. The Kier molecular flexibility index (Phi) is 4.58. The first-order chi connectivity index (χ1) is 3.45. The fraction of sp³-hybridized carbons (Fsp3) is 0.857. The van der Waals surface area contributed by atoms with Gasteiger partial charge in [-0.3, -0.25) is 0 Å². The van der Waals surface area contributed by atoms with Gasteiger partial charge in [-0.25, -0.2) is 0 Å². The second kappa shape index (κ2) is 4.08. The van der Waals surface area contributed by atoms with Crippen molar-refractivity contribution in [2.45, 2.75) is 25.7 Å². The van der Waals surface area contributed by atoms with Gasteiger partial charge >= 0.3 is 0 Å². The minimum Gasteiger partial charge on any atom is -1.00 e. The third-order valence-electron chi connectivity index (χ3n) is 2.38. The molecule has 49 valence electrons. The largest absolute Gasteiger partial charge is 1.00 e. The second-order valence-electron chi connectivity index (χ2n) is 2.91. The molecule has 0 amide bonds. The van der Waals surface area contributed by atoms with E-state index in [9.17, 15) is 0 Å². The molecule has 2 heteroatoms. The molecule has 0 saturated heterocycles. The molecule has 0 aromatic heterocycles. The molecule has 0 aliphatic heterocycles. The Morgan fingerprint density at radius 2 is 2.00 bits per heavy atom. The number of halogens is 1. The zero-order valence-electron chi connectivity index (χ0n) is 5.65. The van der Waals surface area contributed by atoms with E-state index < -0.39 is 0 Å². The summed E-state index contributed by atoms with van der Waals surface area (Å²) in [5.41, 5.74) is 0. The van der Waals surface area contributed by atoms with Crippen molar-refractivity contribution in [3.63, 3.8) is 0 Å². The standard InChI is InChI=1S/C7H11.BrH.Zn/c1-2-7-4-3-6(1)5-7;;/h1,6-7H,2-5H2;1H;/p-1/t6-,7+;;/m1../s1. The maximum Gasteiger partial charge on any atom is 0 e. The Morgan fingerprint density at radius 1 is 1.22 bits per heavy atom. The molecule has 2 fully saturated rings. The van der Waals surface area contributed by atoms with Crippen molar-refractivity contribution < 1.29 is 36.5 Å². The molecule has 2 aliphatic carbocycles. The number of hydrogen-bond donors (Lipinski definition) is 0. The minimum absolute atomic E-state index is 0. The smallest absolute Gasteiger partial charge is 0 e. The maximum absolute atomic E-state index is 2.51. The van der Waals surface area contributed by atoms with Crippen LogP contribution in [0.1, 0.15) is 25.7 Å². The molecule has 1 radical (unpaired) electrons. The second-order valence-corrected chi connectivity index (χ2v) is 2.91. The van der Waals surface area contributed by atoms with E-state index in [0.29, 0.717) is 0 Å². The quantitative estimate of drug-likeness (QED) is 0.477. The van der Waals surface area contributed by atoms with Crippen LogP contribution in [0.25, 0.3) is 0 Å². The topological polar surface area (TPSA) is 0 Å². The third-order valence-corrected chi connectivity index (χ3v) is 2.38. The first-order valence-electron chi connectivity index (χ1n) is 3.28. The number of rotatable bonds is 0. The summed E-state index contributed by atoms with van der Waals surface area (Å²) >= 11 is 0. The van der Waals surface area contributed by atoms with E-state index >= 15 is 0 Å². The maximum atomic E-state index is 2.51. The van der Waals surface area contributed by atoms with Crippen molar-refractivity contribution >= 4 is 0 Å². The molecular formula is C7H11BrZn-. The average molecular weight is 240 g/mol. The summed E-state index contributed by atoms with van der Waals surface area (Å²) in [6.07, 6.45) is 8.50. The molecule has 2 atom stereocenters. The Labute approximate surface area is 80.3 Å². The van der Waals surface area contributed by atoms with Crippen LogP contribution in [0.5, 0.6) is 0 Å². The van der Waals surface area contributed by atoms with Crippen LogP contribution >= 0.6 is 0 Å². The van der Waals surface area contributed by atoms with E-state index in [1.165, 1.54) is 25.7 Å². The van der Waals surface area contributed by atoms with Gasteiger partial charge in [0.05, 0.1) is 0 Å². The minimum atomic E-state index is 0. The van der Waals surface area contributed by atoms with E-state index in [0.717, 1.165) is 11.8 Å². The van der Waals surface area contributed by atoms with Gasteiger partial charge in [0, 0.05) is 19.5 Å². The van der Waals surface area contributed by atoms with Crippen LogP contribution < -0.4 is 17.0 Å². The van der Waals surface area contributed by atoms with Crippen molar-refractivity contribution in [1.29, 1.82) is 0 Å². The van der Waals surface area contributed by atoms with Crippen LogP contribution in [0, 0.1) is 18.3 Å². The molecule has 0 heterocycles. The van der Waals surface area contributed by atoms with Gasteiger partial charge in [0.2, 0.25) is 0 Å². The normalized spacial score (nSPS) is 37.3. The van der Waals surface area contributed by atoms with Gasteiger partial charge in [-0.15, -0.1) is 0 Å². The zero-order chi connectivity index (χ0) is 4.69. The summed E-state index contributed by atoms with van der Waals surface area (Å²) < 4.78 is 0. The summed E-state index contributed by atoms with van der Waals surface area (Å²) in [6.45, 7) is 0. The SMILES string of the molecule is [Br-].[CH]1C[C@H]2CC[C@@H]1C2.[Zn]. The monoisotopic (exact) mass is 238 g/mol. The predicted octanol–water partition coefficient (Wildman–Crippen LogP) is -0.988. The molecule has 2 rings (SSSR count). The van der Waals surface area contributed by atoms with Gasteiger partial charge in [0.15, 0.2) is 0 Å². The van der Waals surface area contributed by atoms with E-state index in [1.807, 2.05) is 0 Å². The van der Waals surface area contributed by atoms with Gasteiger partial charge in [0.1, 0.15) is 0 Å². The number of fused-ring (bicyclic) bond motifs is 2. The zero-order valence-corrected chi connectivity index (χ0v) is 10.2. The van der Waals surface area contributed by atoms with E-state index in [1.54, 1.807) is 0 Å². The van der Waals surface area contributed by atoms with E-state index in [-0.39, 0.29) is 36.5 Å². The molecule has 2 bridgehead atoms. The molecule has 9 heavy (non-hydrogen) atoms. The molecular weight excluding hydrogens is 229 g/mol. The first-order valence-corrected chi connectivity index (χ1v) is 3.28. The summed E-state index contributed by atoms with van der Waals surface area (Å²) in [7, 11) is 0. The van der Waals surface area contributed by atoms with E-state index in [2.05, 4.69) is 6.42 Å². The van der Waals surface area contributed by atoms with Crippen molar-refractivity contribution in [3.8, 4) is 0 Å².